The van der Waals surface area contributed by atoms with E-state index in [1.807, 2.05) is 0 Å². The third kappa shape index (κ3) is 1.17. The minimum atomic E-state index is -2.07. The molecule has 0 fully saturated rings. The summed E-state index contributed by atoms with van der Waals surface area (Å²) in [6, 6.07) is 0. The predicted octanol–water partition coefficient (Wildman–Crippen LogP) is 0.0978. The molecule has 0 aromatic rings. The maximum absolute atomic E-state index is 12.7. The van der Waals surface area contributed by atoms with Crippen LogP contribution in [0.2, 0.25) is 0 Å². The van der Waals surface area contributed by atoms with Crippen molar-refractivity contribution in [1.82, 2.24) is 0 Å². The van der Waals surface area contributed by atoms with Crippen LogP contribution in [0.1, 0.15) is 0 Å². The highest BCUT2D eigenvalue weighted by molar-refractivity contribution is 5.20. The Hall–Kier alpha value is -0.670. The van der Waals surface area contributed by atoms with Gasteiger partial charge in [0.15, 0.2) is 0 Å². The Balaban J connectivity index is 2.78. The van der Waals surface area contributed by atoms with Gasteiger partial charge in [-0.2, -0.15) is 0 Å². The van der Waals surface area contributed by atoms with Gasteiger partial charge < -0.3 is 5.11 Å². The lowest BCUT2D eigenvalue weighted by molar-refractivity contribution is 0.0620. The molecule has 2 unspecified atom stereocenters. The highest BCUT2D eigenvalue weighted by Gasteiger charge is 2.29. The minimum absolute atomic E-state index is 1.12. The Bertz CT molecular complexity index is 162. The van der Waals surface area contributed by atoms with Crippen molar-refractivity contribution in [3.63, 3.8) is 0 Å². The lowest BCUT2D eigenvalue weighted by atomic mass is 10.0. The van der Waals surface area contributed by atoms with Gasteiger partial charge in [0.25, 0.3) is 0 Å². The molecule has 3 heteroatoms. The average Bonchev–Trinajstić information content (AvgIpc) is 1.77. The van der Waals surface area contributed by atoms with Crippen LogP contribution < -0.4 is 5.73 Å². The predicted molar refractivity (Wildman–Crippen MR) is 32.3 cm³/mol. The van der Waals surface area contributed by atoms with Gasteiger partial charge in [-0.05, 0) is 6.08 Å². The van der Waals surface area contributed by atoms with E-state index in [1.54, 1.807) is 6.08 Å². The number of rotatable bonds is 0. The Morgan fingerprint density at radius 1 is 1.56 bits per heavy atom. The quantitative estimate of drug-likeness (QED) is 0.455. The maximum atomic E-state index is 12.7. The van der Waals surface area contributed by atoms with Crippen LogP contribution in [0.4, 0.5) is 4.39 Å². The van der Waals surface area contributed by atoms with E-state index in [0.717, 1.165) is 6.08 Å². The van der Waals surface area contributed by atoms with Crippen molar-refractivity contribution in [2.75, 3.05) is 0 Å². The first-order valence-electron chi connectivity index (χ1n) is 2.65. The standard InChI is InChI=1S/C6H8FNO/c7-6(8)4-2-1-3-5(6)9/h1-5,9H,8H2. The number of allylic oxidation sites excluding steroid dienone is 2. The topological polar surface area (TPSA) is 46.2 Å². The zero-order chi connectivity index (χ0) is 6.91. The summed E-state index contributed by atoms with van der Waals surface area (Å²) in [4.78, 5) is 0. The fourth-order valence-corrected chi connectivity index (χ4v) is 0.619. The summed E-state index contributed by atoms with van der Waals surface area (Å²) in [5, 5.41) is 8.80. The molecule has 1 aliphatic carbocycles. The van der Waals surface area contributed by atoms with Crippen LogP contribution in [0.3, 0.4) is 0 Å². The van der Waals surface area contributed by atoms with Crippen LogP contribution in [-0.2, 0) is 0 Å². The van der Waals surface area contributed by atoms with E-state index in [1.165, 1.54) is 12.2 Å². The van der Waals surface area contributed by atoms with Crippen LogP contribution in [0, 0.1) is 0 Å². The molecule has 0 saturated heterocycles. The third-order valence-corrected chi connectivity index (χ3v) is 1.21. The van der Waals surface area contributed by atoms with Crippen molar-refractivity contribution in [2.24, 2.45) is 5.73 Å². The van der Waals surface area contributed by atoms with E-state index in [4.69, 9.17) is 10.8 Å². The monoisotopic (exact) mass is 129 g/mol. The number of aliphatic hydroxyl groups excluding tert-OH is 1. The minimum Gasteiger partial charge on any atom is -0.384 e. The normalized spacial score (nSPS) is 41.4. The summed E-state index contributed by atoms with van der Waals surface area (Å²) in [7, 11) is 0. The summed E-state index contributed by atoms with van der Waals surface area (Å²) in [5.41, 5.74) is 4.97. The van der Waals surface area contributed by atoms with Gasteiger partial charge in [-0.15, -0.1) is 0 Å². The molecule has 0 heterocycles. The fraction of sp³-hybridized carbons (Fsp3) is 0.333. The lowest BCUT2D eigenvalue weighted by Crippen LogP contribution is -2.44. The van der Waals surface area contributed by atoms with Crippen molar-refractivity contribution in [1.29, 1.82) is 0 Å². The molecule has 0 saturated carbocycles. The molecule has 50 valence electrons. The van der Waals surface area contributed by atoms with E-state index in [9.17, 15) is 4.39 Å². The first-order valence-corrected chi connectivity index (χ1v) is 2.65. The molecular weight excluding hydrogens is 121 g/mol. The van der Waals surface area contributed by atoms with Gasteiger partial charge in [0.05, 0.1) is 0 Å². The SMILES string of the molecule is NC1(F)C=CC=CC1O. The largest absolute Gasteiger partial charge is 0.384 e. The molecule has 2 nitrogen and oxygen atoms in total. The van der Waals surface area contributed by atoms with Gasteiger partial charge in [0, 0.05) is 0 Å². The Morgan fingerprint density at radius 3 is 2.56 bits per heavy atom. The highest BCUT2D eigenvalue weighted by atomic mass is 19.1. The number of halogens is 1. The van der Waals surface area contributed by atoms with Gasteiger partial charge in [-0.3, -0.25) is 5.73 Å². The molecule has 0 aromatic carbocycles. The molecule has 1 rings (SSSR count). The molecule has 0 bridgehead atoms. The number of nitrogens with two attached hydrogens (primary N) is 1. The second-order valence-electron chi connectivity index (χ2n) is 2.02. The van der Waals surface area contributed by atoms with Gasteiger partial charge in [-0.25, -0.2) is 4.39 Å². The molecule has 0 radical (unpaired) electrons. The van der Waals surface area contributed by atoms with Gasteiger partial charge in [0.1, 0.15) is 6.10 Å². The van der Waals surface area contributed by atoms with E-state index < -0.39 is 11.9 Å². The first kappa shape index (κ1) is 6.45. The van der Waals surface area contributed by atoms with E-state index in [0.29, 0.717) is 0 Å². The molecule has 9 heavy (non-hydrogen) atoms. The highest BCUT2D eigenvalue weighted by Crippen LogP contribution is 2.15. The molecule has 0 aromatic heterocycles. The van der Waals surface area contributed by atoms with Gasteiger partial charge >= 0.3 is 0 Å². The number of hydrogen-bond acceptors (Lipinski definition) is 2. The maximum Gasteiger partial charge on any atom is 0.207 e. The van der Waals surface area contributed by atoms with Crippen LogP contribution in [0.25, 0.3) is 0 Å². The summed E-state index contributed by atoms with van der Waals surface area (Å²) in [6.45, 7) is 0. The van der Waals surface area contributed by atoms with Crippen molar-refractivity contribution in [3.8, 4) is 0 Å². The number of aliphatic hydroxyl groups is 1. The molecule has 0 aliphatic heterocycles. The van der Waals surface area contributed by atoms with Crippen molar-refractivity contribution in [2.45, 2.75) is 11.9 Å². The Labute approximate surface area is 52.5 Å². The lowest BCUT2D eigenvalue weighted by Gasteiger charge is -2.21. The van der Waals surface area contributed by atoms with Gasteiger partial charge in [0.2, 0.25) is 5.79 Å². The first-order chi connectivity index (χ1) is 4.13. The van der Waals surface area contributed by atoms with Crippen LogP contribution in [-0.4, -0.2) is 17.0 Å². The number of hydrogen-bond donors (Lipinski definition) is 2. The smallest absolute Gasteiger partial charge is 0.207 e. The van der Waals surface area contributed by atoms with Crippen molar-refractivity contribution in [3.05, 3.63) is 24.3 Å². The fourth-order valence-electron chi connectivity index (χ4n) is 0.619. The van der Waals surface area contributed by atoms with Crippen LogP contribution in [0.5, 0.6) is 0 Å². The average molecular weight is 129 g/mol. The van der Waals surface area contributed by atoms with Crippen molar-refractivity contribution >= 4 is 0 Å². The molecule has 0 amide bonds. The number of alkyl halides is 1. The molecular formula is C6H8FNO. The van der Waals surface area contributed by atoms with E-state index in [-0.39, 0.29) is 0 Å². The van der Waals surface area contributed by atoms with Gasteiger partial charge in [-0.1, -0.05) is 18.2 Å². The second kappa shape index (κ2) is 1.93. The zero-order valence-electron chi connectivity index (χ0n) is 4.79. The molecule has 2 atom stereocenters. The summed E-state index contributed by atoms with van der Waals surface area (Å²) >= 11 is 0. The van der Waals surface area contributed by atoms with Crippen molar-refractivity contribution < 1.29 is 9.50 Å². The van der Waals surface area contributed by atoms with Crippen LogP contribution >= 0.6 is 0 Å². The van der Waals surface area contributed by atoms with E-state index >= 15 is 0 Å². The third-order valence-electron chi connectivity index (χ3n) is 1.21. The summed E-state index contributed by atoms with van der Waals surface area (Å²) in [5.74, 6) is -2.07. The van der Waals surface area contributed by atoms with E-state index in [2.05, 4.69) is 0 Å². The second-order valence-corrected chi connectivity index (χ2v) is 2.02. The zero-order valence-corrected chi connectivity index (χ0v) is 4.79. The van der Waals surface area contributed by atoms with Crippen LogP contribution in [0.15, 0.2) is 24.3 Å². The summed E-state index contributed by atoms with van der Waals surface area (Å²) < 4.78 is 12.7. The summed E-state index contributed by atoms with van der Waals surface area (Å²) in [6.07, 6.45) is 4.24. The molecule has 1 aliphatic rings. The molecule has 3 N–H and O–H groups in total. The Kier molecular flexibility index (Phi) is 1.38. The molecule has 0 spiro atoms. The Morgan fingerprint density at radius 2 is 2.22 bits per heavy atom.